The van der Waals surface area contributed by atoms with Crippen molar-refractivity contribution in [3.05, 3.63) is 75.4 Å². The average Bonchev–Trinajstić information content (AvgIpc) is 2.84. The number of methoxy groups -OCH3 is 3. The lowest BCUT2D eigenvalue weighted by molar-refractivity contribution is 0.262. The number of benzene rings is 3. The van der Waals surface area contributed by atoms with Gasteiger partial charge in [0.1, 0.15) is 16.7 Å². The number of urea groups is 1. The van der Waals surface area contributed by atoms with Gasteiger partial charge >= 0.3 is 6.03 Å². The van der Waals surface area contributed by atoms with Crippen LogP contribution in [0.25, 0.3) is 22.3 Å². The molecule has 174 valence electrons. The summed E-state index contributed by atoms with van der Waals surface area (Å²) in [5.41, 5.74) is 1.76. The molecule has 0 fully saturated rings. The summed E-state index contributed by atoms with van der Waals surface area (Å²) >= 11 is 3.36. The molecular formula is C25H21BrN2O6. The second kappa shape index (κ2) is 9.88. The monoisotopic (exact) mass is 524 g/mol. The molecule has 1 aromatic heterocycles. The SMILES string of the molecule is COc1cc2oc(-c3cccc(NC(=O)Nc4ccc(Br)cc4)c3)cc(=O)c2c(OC)c1OC. The lowest BCUT2D eigenvalue weighted by Crippen LogP contribution is -2.19. The molecule has 2 amide bonds. The number of anilines is 2. The predicted octanol–water partition coefficient (Wildman–Crippen LogP) is 5.89. The maximum absolute atomic E-state index is 13.0. The zero-order chi connectivity index (χ0) is 24.2. The average molecular weight is 525 g/mol. The Morgan fingerprint density at radius 1 is 0.853 bits per heavy atom. The summed E-state index contributed by atoms with van der Waals surface area (Å²) < 4.78 is 23.1. The van der Waals surface area contributed by atoms with Crippen LogP contribution in [0.3, 0.4) is 0 Å². The molecule has 0 aliphatic rings. The molecule has 1 heterocycles. The minimum absolute atomic E-state index is 0.234. The molecule has 0 saturated heterocycles. The number of hydrogen-bond donors (Lipinski definition) is 2. The highest BCUT2D eigenvalue weighted by molar-refractivity contribution is 9.10. The van der Waals surface area contributed by atoms with Crippen molar-refractivity contribution in [2.24, 2.45) is 0 Å². The van der Waals surface area contributed by atoms with Gasteiger partial charge in [-0.3, -0.25) is 4.79 Å². The molecule has 3 aromatic carbocycles. The van der Waals surface area contributed by atoms with Crippen LogP contribution in [-0.4, -0.2) is 27.4 Å². The summed E-state index contributed by atoms with van der Waals surface area (Å²) in [5.74, 6) is 1.23. The Labute approximate surface area is 203 Å². The highest BCUT2D eigenvalue weighted by Gasteiger charge is 2.20. The molecule has 0 saturated carbocycles. The molecule has 0 spiro atoms. The van der Waals surface area contributed by atoms with Crippen molar-refractivity contribution in [1.82, 2.24) is 0 Å². The summed E-state index contributed by atoms with van der Waals surface area (Å²) in [6.45, 7) is 0. The Morgan fingerprint density at radius 2 is 1.56 bits per heavy atom. The van der Waals surface area contributed by atoms with Crippen molar-refractivity contribution >= 4 is 44.3 Å². The topological polar surface area (TPSA) is 99.0 Å². The van der Waals surface area contributed by atoms with Crippen LogP contribution in [0.15, 0.2) is 74.3 Å². The fourth-order valence-corrected chi connectivity index (χ4v) is 3.77. The number of ether oxygens (including phenoxy) is 3. The second-order valence-corrected chi connectivity index (χ2v) is 8.08. The van der Waals surface area contributed by atoms with E-state index in [0.717, 1.165) is 4.47 Å². The number of carbonyl (C=O) groups is 1. The Bertz CT molecular complexity index is 1420. The minimum atomic E-state index is -0.402. The maximum atomic E-state index is 13.0. The number of rotatable bonds is 6. The van der Waals surface area contributed by atoms with Crippen LogP contribution in [0, 0.1) is 0 Å². The highest BCUT2D eigenvalue weighted by atomic mass is 79.9. The number of nitrogens with one attached hydrogen (secondary N) is 2. The van der Waals surface area contributed by atoms with Gasteiger partial charge in [-0.2, -0.15) is 0 Å². The van der Waals surface area contributed by atoms with E-state index in [1.165, 1.54) is 27.4 Å². The van der Waals surface area contributed by atoms with Crippen LogP contribution in [0.1, 0.15) is 0 Å². The van der Waals surface area contributed by atoms with Crippen molar-refractivity contribution in [2.75, 3.05) is 32.0 Å². The first-order valence-electron chi connectivity index (χ1n) is 10.1. The number of fused-ring (bicyclic) bond motifs is 1. The quantitative estimate of drug-likeness (QED) is 0.326. The minimum Gasteiger partial charge on any atom is -0.493 e. The number of hydrogen-bond acceptors (Lipinski definition) is 6. The molecule has 0 bridgehead atoms. The summed E-state index contributed by atoms with van der Waals surface area (Å²) in [6.07, 6.45) is 0. The van der Waals surface area contributed by atoms with E-state index < -0.39 is 6.03 Å². The number of carbonyl (C=O) groups excluding carboxylic acids is 1. The third kappa shape index (κ3) is 4.69. The van der Waals surface area contributed by atoms with Gasteiger partial charge in [-0.25, -0.2) is 4.79 Å². The first-order chi connectivity index (χ1) is 16.4. The molecule has 0 atom stereocenters. The van der Waals surface area contributed by atoms with E-state index in [2.05, 4.69) is 26.6 Å². The molecule has 34 heavy (non-hydrogen) atoms. The number of halogens is 1. The van der Waals surface area contributed by atoms with Crippen LogP contribution in [0.2, 0.25) is 0 Å². The molecule has 0 unspecified atom stereocenters. The van der Waals surface area contributed by atoms with Gasteiger partial charge in [-0.15, -0.1) is 0 Å². The highest BCUT2D eigenvalue weighted by Crippen LogP contribution is 2.42. The Morgan fingerprint density at radius 3 is 2.24 bits per heavy atom. The van der Waals surface area contributed by atoms with Crippen LogP contribution < -0.4 is 30.3 Å². The Balaban J connectivity index is 1.67. The van der Waals surface area contributed by atoms with E-state index >= 15 is 0 Å². The van der Waals surface area contributed by atoms with Gasteiger partial charge in [0.25, 0.3) is 0 Å². The molecule has 0 radical (unpaired) electrons. The lowest BCUT2D eigenvalue weighted by atomic mass is 10.1. The Kier molecular flexibility index (Phi) is 6.74. The van der Waals surface area contributed by atoms with Crippen LogP contribution in [-0.2, 0) is 0 Å². The second-order valence-electron chi connectivity index (χ2n) is 7.16. The fourth-order valence-electron chi connectivity index (χ4n) is 3.51. The van der Waals surface area contributed by atoms with E-state index in [-0.39, 0.29) is 22.1 Å². The summed E-state index contributed by atoms with van der Waals surface area (Å²) in [4.78, 5) is 25.4. The van der Waals surface area contributed by atoms with Crippen molar-refractivity contribution < 1.29 is 23.4 Å². The van der Waals surface area contributed by atoms with Crippen molar-refractivity contribution in [3.8, 4) is 28.6 Å². The molecule has 4 rings (SSSR count). The smallest absolute Gasteiger partial charge is 0.323 e. The molecule has 0 aliphatic heterocycles. The van der Waals surface area contributed by atoms with Gasteiger partial charge in [0.2, 0.25) is 5.75 Å². The van der Waals surface area contributed by atoms with E-state index in [4.69, 9.17) is 18.6 Å². The van der Waals surface area contributed by atoms with Gasteiger partial charge < -0.3 is 29.3 Å². The molecule has 2 N–H and O–H groups in total. The first-order valence-corrected chi connectivity index (χ1v) is 10.9. The zero-order valence-electron chi connectivity index (χ0n) is 18.6. The van der Waals surface area contributed by atoms with E-state index in [0.29, 0.717) is 34.2 Å². The summed E-state index contributed by atoms with van der Waals surface area (Å²) in [6, 6.07) is 16.7. The van der Waals surface area contributed by atoms with Gasteiger partial charge in [0.15, 0.2) is 16.9 Å². The van der Waals surface area contributed by atoms with Gasteiger partial charge in [0.05, 0.1) is 21.3 Å². The van der Waals surface area contributed by atoms with Crippen molar-refractivity contribution in [3.63, 3.8) is 0 Å². The third-order valence-electron chi connectivity index (χ3n) is 5.03. The first kappa shape index (κ1) is 23.2. The standard InChI is InChI=1S/C25H21BrN2O6/c1-31-21-13-20-22(24(33-3)23(21)32-2)18(29)12-19(34-20)14-5-4-6-17(11-14)28-25(30)27-16-9-7-15(26)8-10-16/h4-13H,1-3H3,(H2,27,28,30). The largest absolute Gasteiger partial charge is 0.493 e. The lowest BCUT2D eigenvalue weighted by Gasteiger charge is -2.14. The zero-order valence-corrected chi connectivity index (χ0v) is 20.2. The third-order valence-corrected chi connectivity index (χ3v) is 5.56. The number of amides is 2. The molecule has 9 heteroatoms. The van der Waals surface area contributed by atoms with Gasteiger partial charge in [0, 0.05) is 33.5 Å². The van der Waals surface area contributed by atoms with Gasteiger partial charge in [-0.1, -0.05) is 28.1 Å². The Hall–Kier alpha value is -3.98. The molecule has 4 aromatic rings. The van der Waals surface area contributed by atoms with E-state index in [1.54, 1.807) is 42.5 Å². The van der Waals surface area contributed by atoms with E-state index in [1.807, 2.05) is 12.1 Å². The van der Waals surface area contributed by atoms with E-state index in [9.17, 15) is 9.59 Å². The molecule has 8 nitrogen and oxygen atoms in total. The fraction of sp³-hybridized carbons (Fsp3) is 0.120. The van der Waals surface area contributed by atoms with Crippen molar-refractivity contribution in [1.29, 1.82) is 0 Å². The van der Waals surface area contributed by atoms with Crippen molar-refractivity contribution in [2.45, 2.75) is 0 Å². The molecule has 0 aliphatic carbocycles. The van der Waals surface area contributed by atoms with Crippen LogP contribution >= 0.6 is 15.9 Å². The summed E-state index contributed by atoms with van der Waals surface area (Å²) in [5, 5.41) is 5.79. The predicted molar refractivity (Wildman–Crippen MR) is 134 cm³/mol. The van der Waals surface area contributed by atoms with Gasteiger partial charge in [-0.05, 0) is 36.4 Å². The van der Waals surface area contributed by atoms with Crippen LogP contribution in [0.4, 0.5) is 16.2 Å². The van der Waals surface area contributed by atoms with Crippen LogP contribution in [0.5, 0.6) is 17.2 Å². The molecular weight excluding hydrogens is 504 g/mol. The summed E-state index contributed by atoms with van der Waals surface area (Å²) in [7, 11) is 4.39. The maximum Gasteiger partial charge on any atom is 0.323 e. The normalized spacial score (nSPS) is 10.6.